The van der Waals surface area contributed by atoms with Gasteiger partial charge in [-0.25, -0.2) is 0 Å². The van der Waals surface area contributed by atoms with Crippen LogP contribution >= 0.6 is 0 Å². The van der Waals surface area contributed by atoms with Gasteiger partial charge in [0.05, 0.1) is 13.2 Å². The number of rotatable bonds is 5. The summed E-state index contributed by atoms with van der Waals surface area (Å²) >= 11 is 0. The van der Waals surface area contributed by atoms with Gasteiger partial charge >= 0.3 is 0 Å². The molecule has 0 fully saturated rings. The highest BCUT2D eigenvalue weighted by Crippen LogP contribution is 2.37. The lowest BCUT2D eigenvalue weighted by atomic mass is 9.94. The third-order valence-electron chi connectivity index (χ3n) is 3.56. The van der Waals surface area contributed by atoms with Crippen LogP contribution in [0, 0.1) is 6.92 Å². The van der Waals surface area contributed by atoms with Gasteiger partial charge in [-0.15, -0.1) is 0 Å². The van der Waals surface area contributed by atoms with Gasteiger partial charge in [0.25, 0.3) is 0 Å². The van der Waals surface area contributed by atoms with E-state index in [1.165, 1.54) is 5.57 Å². The van der Waals surface area contributed by atoms with Gasteiger partial charge in [-0.1, -0.05) is 18.6 Å². The summed E-state index contributed by atoms with van der Waals surface area (Å²) in [6.45, 7) is 4.91. The average Bonchev–Trinajstić information content (AvgIpc) is 2.41. The molecular formula is C15H22O4. The molecule has 1 aromatic rings. The first-order valence-electron chi connectivity index (χ1n) is 6.40. The molecule has 0 aromatic heterocycles. The van der Waals surface area contributed by atoms with E-state index < -0.39 is 13.2 Å². The van der Waals surface area contributed by atoms with Crippen molar-refractivity contribution in [3.05, 3.63) is 33.9 Å². The highest BCUT2D eigenvalue weighted by atomic mass is 16.3. The molecule has 19 heavy (non-hydrogen) atoms. The summed E-state index contributed by atoms with van der Waals surface area (Å²) in [7, 11) is 0. The van der Waals surface area contributed by atoms with Crippen LogP contribution in [0.1, 0.15) is 42.5 Å². The van der Waals surface area contributed by atoms with Crippen LogP contribution in [0.2, 0.25) is 0 Å². The standard InChI is InChI=1S/C15H22O4/c1-4-9(2)5-6-11-10(3)14(18)12(7-16)13(8-17)15(11)19/h5,16-19H,4,6-8H2,1-3H3/b9-5+. The summed E-state index contributed by atoms with van der Waals surface area (Å²) < 4.78 is 0. The predicted octanol–water partition coefficient (Wildman–Crippen LogP) is 2.29. The van der Waals surface area contributed by atoms with E-state index in [2.05, 4.69) is 0 Å². The summed E-state index contributed by atoms with van der Waals surface area (Å²) in [4.78, 5) is 0. The Hall–Kier alpha value is -1.52. The second-order valence-corrected chi connectivity index (χ2v) is 4.68. The Labute approximate surface area is 113 Å². The number of aromatic hydroxyl groups is 2. The average molecular weight is 266 g/mol. The van der Waals surface area contributed by atoms with E-state index >= 15 is 0 Å². The third-order valence-corrected chi connectivity index (χ3v) is 3.56. The minimum atomic E-state index is -0.418. The predicted molar refractivity (Wildman–Crippen MR) is 74.1 cm³/mol. The van der Waals surface area contributed by atoms with Crippen molar-refractivity contribution in [1.82, 2.24) is 0 Å². The summed E-state index contributed by atoms with van der Waals surface area (Å²) in [6.07, 6.45) is 3.40. The molecule has 0 radical (unpaired) electrons. The topological polar surface area (TPSA) is 80.9 Å². The van der Waals surface area contributed by atoms with Crippen molar-refractivity contribution in [3.8, 4) is 11.5 Å². The third kappa shape index (κ3) is 3.08. The van der Waals surface area contributed by atoms with E-state index in [4.69, 9.17) is 0 Å². The summed E-state index contributed by atoms with van der Waals surface area (Å²) in [5.74, 6) is -0.0936. The van der Waals surface area contributed by atoms with Gasteiger partial charge in [0.2, 0.25) is 0 Å². The van der Waals surface area contributed by atoms with E-state index in [0.29, 0.717) is 17.5 Å². The Bertz CT molecular complexity index is 490. The van der Waals surface area contributed by atoms with Crippen LogP contribution in [0.5, 0.6) is 11.5 Å². The number of benzene rings is 1. The second kappa shape index (κ2) is 6.59. The van der Waals surface area contributed by atoms with Gasteiger partial charge in [-0.05, 0) is 32.3 Å². The van der Waals surface area contributed by atoms with Gasteiger partial charge < -0.3 is 20.4 Å². The smallest absolute Gasteiger partial charge is 0.125 e. The minimum Gasteiger partial charge on any atom is -0.507 e. The first-order chi connectivity index (χ1) is 8.97. The maximum absolute atomic E-state index is 10.2. The zero-order chi connectivity index (χ0) is 14.6. The molecule has 1 rings (SSSR count). The van der Waals surface area contributed by atoms with Crippen LogP contribution in [0.4, 0.5) is 0 Å². The molecule has 0 atom stereocenters. The van der Waals surface area contributed by atoms with Gasteiger partial charge in [0.1, 0.15) is 11.5 Å². The number of aliphatic hydroxyl groups excluding tert-OH is 2. The molecule has 0 aliphatic rings. The SMILES string of the molecule is CC/C(C)=C/Cc1c(C)c(O)c(CO)c(CO)c1O. The minimum absolute atomic E-state index is 0.0398. The highest BCUT2D eigenvalue weighted by Gasteiger charge is 2.19. The van der Waals surface area contributed by atoms with Crippen molar-refractivity contribution in [1.29, 1.82) is 0 Å². The lowest BCUT2D eigenvalue weighted by molar-refractivity contribution is 0.249. The molecule has 0 saturated heterocycles. The molecule has 4 N–H and O–H groups in total. The van der Waals surface area contributed by atoms with E-state index in [9.17, 15) is 20.4 Å². The monoisotopic (exact) mass is 266 g/mol. The number of phenols is 2. The molecular weight excluding hydrogens is 244 g/mol. The maximum Gasteiger partial charge on any atom is 0.125 e. The Kier molecular flexibility index (Phi) is 5.39. The van der Waals surface area contributed by atoms with Crippen molar-refractivity contribution >= 4 is 0 Å². The lowest BCUT2D eigenvalue weighted by Gasteiger charge is -2.17. The number of hydrogen-bond acceptors (Lipinski definition) is 4. The maximum atomic E-state index is 10.2. The fourth-order valence-electron chi connectivity index (χ4n) is 2.03. The zero-order valence-electron chi connectivity index (χ0n) is 11.7. The number of aliphatic hydroxyl groups is 2. The van der Waals surface area contributed by atoms with Gasteiger partial charge in [-0.2, -0.15) is 0 Å². The van der Waals surface area contributed by atoms with Crippen molar-refractivity contribution in [2.24, 2.45) is 0 Å². The first-order valence-corrected chi connectivity index (χ1v) is 6.40. The largest absolute Gasteiger partial charge is 0.507 e. The first kappa shape index (κ1) is 15.5. The zero-order valence-corrected chi connectivity index (χ0v) is 11.7. The summed E-state index contributed by atoms with van der Waals surface area (Å²) in [5.41, 5.74) is 2.71. The summed E-state index contributed by atoms with van der Waals surface area (Å²) in [5, 5.41) is 38.7. The molecule has 0 saturated carbocycles. The van der Waals surface area contributed by atoms with Crippen molar-refractivity contribution in [2.45, 2.75) is 46.8 Å². The second-order valence-electron chi connectivity index (χ2n) is 4.68. The molecule has 0 bridgehead atoms. The van der Waals surface area contributed by atoms with E-state index in [1.54, 1.807) is 6.92 Å². The van der Waals surface area contributed by atoms with E-state index in [0.717, 1.165) is 6.42 Å². The molecule has 0 amide bonds. The fourth-order valence-corrected chi connectivity index (χ4v) is 2.03. The molecule has 0 aliphatic heterocycles. The molecule has 0 heterocycles. The fraction of sp³-hybridized carbons (Fsp3) is 0.467. The van der Waals surface area contributed by atoms with Gasteiger partial charge in [0, 0.05) is 16.7 Å². The summed E-state index contributed by atoms with van der Waals surface area (Å²) in [6, 6.07) is 0. The Balaban J connectivity index is 3.37. The van der Waals surface area contributed by atoms with Crippen molar-refractivity contribution in [2.75, 3.05) is 0 Å². The Morgan fingerprint density at radius 1 is 1.00 bits per heavy atom. The Morgan fingerprint density at radius 2 is 1.53 bits per heavy atom. The molecule has 0 aliphatic carbocycles. The lowest BCUT2D eigenvalue weighted by Crippen LogP contribution is -2.02. The van der Waals surface area contributed by atoms with Crippen LogP contribution in [0.15, 0.2) is 11.6 Å². The van der Waals surface area contributed by atoms with Gasteiger partial charge in [-0.3, -0.25) is 0 Å². The molecule has 1 aromatic carbocycles. The molecule has 0 unspecified atom stereocenters. The van der Waals surface area contributed by atoms with E-state index in [1.807, 2.05) is 19.9 Å². The van der Waals surface area contributed by atoms with Crippen LogP contribution < -0.4 is 0 Å². The van der Waals surface area contributed by atoms with Crippen LogP contribution in [0.25, 0.3) is 0 Å². The molecule has 0 spiro atoms. The normalized spacial score (nSPS) is 11.9. The number of hydrogen-bond donors (Lipinski definition) is 4. The molecule has 106 valence electrons. The van der Waals surface area contributed by atoms with Crippen molar-refractivity contribution < 1.29 is 20.4 Å². The van der Waals surface area contributed by atoms with E-state index in [-0.39, 0.29) is 22.6 Å². The van der Waals surface area contributed by atoms with Crippen LogP contribution in [-0.4, -0.2) is 20.4 Å². The van der Waals surface area contributed by atoms with Crippen LogP contribution in [-0.2, 0) is 19.6 Å². The quantitative estimate of drug-likeness (QED) is 0.487. The van der Waals surface area contributed by atoms with Gasteiger partial charge in [0.15, 0.2) is 0 Å². The van der Waals surface area contributed by atoms with Crippen LogP contribution in [0.3, 0.4) is 0 Å². The van der Waals surface area contributed by atoms with Crippen molar-refractivity contribution in [3.63, 3.8) is 0 Å². The molecule has 4 nitrogen and oxygen atoms in total. The number of allylic oxidation sites excluding steroid dienone is 2. The molecule has 4 heteroatoms. The highest BCUT2D eigenvalue weighted by molar-refractivity contribution is 5.58. The Morgan fingerprint density at radius 3 is 2.00 bits per heavy atom.